The van der Waals surface area contributed by atoms with Gasteiger partial charge in [-0.05, 0) is 38.0 Å². The summed E-state index contributed by atoms with van der Waals surface area (Å²) in [5.74, 6) is 0.969. The van der Waals surface area contributed by atoms with Crippen molar-refractivity contribution < 1.29 is 4.74 Å². The van der Waals surface area contributed by atoms with Crippen molar-refractivity contribution in [1.29, 1.82) is 0 Å². The lowest BCUT2D eigenvalue weighted by Gasteiger charge is -2.32. The molecule has 0 radical (unpaired) electrons. The first-order valence-electron chi connectivity index (χ1n) is 6.96. The molecule has 0 aromatic heterocycles. The molecule has 1 aliphatic rings. The summed E-state index contributed by atoms with van der Waals surface area (Å²) in [5, 5.41) is 3.40. The Bertz CT molecular complexity index is 344. The molecule has 3 heteroatoms. The van der Waals surface area contributed by atoms with E-state index < -0.39 is 0 Å². The van der Waals surface area contributed by atoms with Gasteiger partial charge in [-0.15, -0.1) is 0 Å². The molecule has 3 nitrogen and oxygen atoms in total. The molecule has 0 amide bonds. The Morgan fingerprint density at radius 1 is 1.22 bits per heavy atom. The van der Waals surface area contributed by atoms with E-state index in [2.05, 4.69) is 41.4 Å². The predicted octanol–water partition coefficient (Wildman–Crippen LogP) is 1.92. The van der Waals surface area contributed by atoms with E-state index in [0.717, 1.165) is 45.0 Å². The molecular weight excluding hydrogens is 224 g/mol. The maximum Gasteiger partial charge on any atom is 0.119 e. The van der Waals surface area contributed by atoms with E-state index in [1.807, 2.05) is 6.92 Å². The summed E-state index contributed by atoms with van der Waals surface area (Å²) in [7, 11) is 0. The Morgan fingerprint density at radius 2 is 1.89 bits per heavy atom. The third kappa shape index (κ3) is 3.72. The molecule has 1 fully saturated rings. The molecule has 0 bridgehead atoms. The second-order valence-corrected chi connectivity index (χ2v) is 4.92. The molecule has 0 saturated carbocycles. The van der Waals surface area contributed by atoms with Crippen LogP contribution in [-0.4, -0.2) is 43.7 Å². The van der Waals surface area contributed by atoms with Gasteiger partial charge in [-0.2, -0.15) is 0 Å². The van der Waals surface area contributed by atoms with Gasteiger partial charge >= 0.3 is 0 Å². The van der Waals surface area contributed by atoms with E-state index >= 15 is 0 Å². The van der Waals surface area contributed by atoms with Crippen LogP contribution in [0.2, 0.25) is 0 Å². The van der Waals surface area contributed by atoms with E-state index in [1.165, 1.54) is 5.56 Å². The van der Waals surface area contributed by atoms with Gasteiger partial charge in [0.05, 0.1) is 6.61 Å². The Balaban J connectivity index is 1.87. The van der Waals surface area contributed by atoms with Crippen LogP contribution < -0.4 is 10.1 Å². The maximum atomic E-state index is 5.46. The second kappa shape index (κ2) is 6.76. The van der Waals surface area contributed by atoms with Gasteiger partial charge in [-0.1, -0.05) is 12.1 Å². The summed E-state index contributed by atoms with van der Waals surface area (Å²) in [6, 6.07) is 9.13. The highest BCUT2D eigenvalue weighted by Gasteiger charge is 2.16. The van der Waals surface area contributed by atoms with Crippen LogP contribution in [0, 0.1) is 0 Å². The molecule has 1 atom stereocenters. The SMILES string of the molecule is CCOc1ccc(CC(C)N2CCNCC2)cc1. The Labute approximate surface area is 110 Å². The van der Waals surface area contributed by atoms with Crippen molar-refractivity contribution >= 4 is 0 Å². The Hall–Kier alpha value is -1.06. The number of nitrogens with zero attached hydrogens (tertiary/aromatic N) is 1. The summed E-state index contributed by atoms with van der Waals surface area (Å²) in [4.78, 5) is 2.56. The van der Waals surface area contributed by atoms with Crippen LogP contribution in [0.1, 0.15) is 19.4 Å². The monoisotopic (exact) mass is 248 g/mol. The van der Waals surface area contributed by atoms with Crippen LogP contribution in [0.5, 0.6) is 5.75 Å². The Morgan fingerprint density at radius 3 is 2.50 bits per heavy atom. The standard InChI is InChI=1S/C15H24N2O/c1-3-18-15-6-4-14(5-7-15)12-13(2)17-10-8-16-9-11-17/h4-7,13,16H,3,8-12H2,1-2H3. The fourth-order valence-electron chi connectivity index (χ4n) is 2.48. The molecule has 1 aromatic carbocycles. The zero-order valence-corrected chi connectivity index (χ0v) is 11.5. The van der Waals surface area contributed by atoms with Crippen molar-refractivity contribution in [1.82, 2.24) is 10.2 Å². The first-order valence-corrected chi connectivity index (χ1v) is 6.96. The summed E-state index contributed by atoms with van der Waals surface area (Å²) >= 11 is 0. The minimum atomic E-state index is 0.616. The lowest BCUT2D eigenvalue weighted by molar-refractivity contribution is 0.183. The van der Waals surface area contributed by atoms with Crippen LogP contribution in [-0.2, 0) is 6.42 Å². The molecule has 0 spiro atoms. The van der Waals surface area contributed by atoms with Gasteiger partial charge in [0.15, 0.2) is 0 Å². The summed E-state index contributed by atoms with van der Waals surface area (Å²) in [6.45, 7) is 9.64. The second-order valence-electron chi connectivity index (χ2n) is 4.92. The van der Waals surface area contributed by atoms with E-state index in [4.69, 9.17) is 4.74 Å². The molecular formula is C15H24N2O. The van der Waals surface area contributed by atoms with Gasteiger partial charge in [0.25, 0.3) is 0 Å². The summed E-state index contributed by atoms with van der Waals surface area (Å²) in [6.07, 6.45) is 1.12. The topological polar surface area (TPSA) is 24.5 Å². The van der Waals surface area contributed by atoms with Crippen LogP contribution in [0.3, 0.4) is 0 Å². The predicted molar refractivity (Wildman–Crippen MR) is 75.2 cm³/mol. The third-order valence-corrected chi connectivity index (χ3v) is 3.54. The van der Waals surface area contributed by atoms with Crippen molar-refractivity contribution in [2.75, 3.05) is 32.8 Å². The van der Waals surface area contributed by atoms with Gasteiger partial charge < -0.3 is 10.1 Å². The van der Waals surface area contributed by atoms with Crippen molar-refractivity contribution in [2.45, 2.75) is 26.3 Å². The van der Waals surface area contributed by atoms with Crippen molar-refractivity contribution in [3.8, 4) is 5.75 Å². The van der Waals surface area contributed by atoms with Crippen LogP contribution in [0.25, 0.3) is 0 Å². The fraction of sp³-hybridized carbons (Fsp3) is 0.600. The summed E-state index contributed by atoms with van der Waals surface area (Å²) in [5.41, 5.74) is 1.39. The van der Waals surface area contributed by atoms with Gasteiger partial charge in [0.1, 0.15) is 5.75 Å². The number of benzene rings is 1. The number of ether oxygens (including phenoxy) is 1. The molecule has 2 rings (SSSR count). The molecule has 0 aliphatic carbocycles. The summed E-state index contributed by atoms with van der Waals surface area (Å²) < 4.78 is 5.46. The molecule has 18 heavy (non-hydrogen) atoms. The minimum absolute atomic E-state index is 0.616. The third-order valence-electron chi connectivity index (χ3n) is 3.54. The van der Waals surface area contributed by atoms with Gasteiger partial charge in [0.2, 0.25) is 0 Å². The van der Waals surface area contributed by atoms with E-state index in [1.54, 1.807) is 0 Å². The molecule has 1 unspecified atom stereocenters. The molecule has 100 valence electrons. The average molecular weight is 248 g/mol. The highest BCUT2D eigenvalue weighted by Crippen LogP contribution is 2.15. The molecule has 1 heterocycles. The first-order chi connectivity index (χ1) is 8.79. The zero-order chi connectivity index (χ0) is 12.8. The number of hydrogen-bond acceptors (Lipinski definition) is 3. The zero-order valence-electron chi connectivity index (χ0n) is 11.5. The van der Waals surface area contributed by atoms with Crippen LogP contribution in [0.4, 0.5) is 0 Å². The van der Waals surface area contributed by atoms with Crippen molar-refractivity contribution in [2.24, 2.45) is 0 Å². The lowest BCUT2D eigenvalue weighted by Crippen LogP contribution is -2.48. The number of hydrogen-bond donors (Lipinski definition) is 1. The van der Waals surface area contributed by atoms with Crippen molar-refractivity contribution in [3.63, 3.8) is 0 Å². The van der Waals surface area contributed by atoms with E-state index in [0.29, 0.717) is 6.04 Å². The number of piperazine rings is 1. The number of rotatable bonds is 5. The van der Waals surface area contributed by atoms with Crippen LogP contribution in [0.15, 0.2) is 24.3 Å². The maximum absolute atomic E-state index is 5.46. The highest BCUT2D eigenvalue weighted by molar-refractivity contribution is 5.27. The molecule has 1 aromatic rings. The van der Waals surface area contributed by atoms with E-state index in [9.17, 15) is 0 Å². The minimum Gasteiger partial charge on any atom is -0.494 e. The highest BCUT2D eigenvalue weighted by atomic mass is 16.5. The van der Waals surface area contributed by atoms with Crippen molar-refractivity contribution in [3.05, 3.63) is 29.8 Å². The largest absolute Gasteiger partial charge is 0.494 e. The van der Waals surface area contributed by atoms with Gasteiger partial charge in [-0.25, -0.2) is 0 Å². The Kier molecular flexibility index (Phi) is 5.02. The molecule has 1 saturated heterocycles. The normalized spacial score (nSPS) is 18.6. The molecule has 1 aliphatic heterocycles. The quantitative estimate of drug-likeness (QED) is 0.861. The number of nitrogens with one attached hydrogen (secondary N) is 1. The first kappa shape index (κ1) is 13.4. The average Bonchev–Trinajstić information content (AvgIpc) is 2.42. The fourth-order valence-corrected chi connectivity index (χ4v) is 2.48. The smallest absolute Gasteiger partial charge is 0.119 e. The van der Waals surface area contributed by atoms with Crippen LogP contribution >= 0.6 is 0 Å². The van der Waals surface area contributed by atoms with Gasteiger partial charge in [0, 0.05) is 32.2 Å². The van der Waals surface area contributed by atoms with Gasteiger partial charge in [-0.3, -0.25) is 4.90 Å². The lowest BCUT2D eigenvalue weighted by atomic mass is 10.1. The molecule has 1 N–H and O–H groups in total. The van der Waals surface area contributed by atoms with E-state index in [-0.39, 0.29) is 0 Å².